The number of hydrogen-bond acceptors (Lipinski definition) is 4. The van der Waals surface area contributed by atoms with Gasteiger partial charge >= 0.3 is 0 Å². The number of nitrogens with zero attached hydrogens (tertiary/aromatic N) is 3. The van der Waals surface area contributed by atoms with Gasteiger partial charge in [-0.1, -0.05) is 105 Å². The zero-order chi connectivity index (χ0) is 31.3. The largest absolute Gasteiger partial charge is 0.370 e. The van der Waals surface area contributed by atoms with Crippen LogP contribution in [-0.4, -0.2) is 42.3 Å². The van der Waals surface area contributed by atoms with E-state index in [-0.39, 0.29) is 0 Å². The first-order chi connectivity index (χ1) is 20.1. The Hall–Kier alpha value is -3.16. The van der Waals surface area contributed by atoms with E-state index in [9.17, 15) is 4.79 Å². The second-order valence-electron chi connectivity index (χ2n) is 9.48. The molecule has 228 valence electrons. The minimum absolute atomic E-state index is 0.622. The molecule has 1 atom stereocenters. The van der Waals surface area contributed by atoms with Crippen LogP contribution in [0.3, 0.4) is 0 Å². The standard InChI is InChI=1S/C28H37N3O.C3H8.2C2H6.C2H2/c1-3-24(2)20-27-11-10-26(23-32)21-28(27)31-17-9-7-5-4-6-8-16-30(18-19-31)22-25-12-14-29-15-13-25;1-3-2;3*1-2/h5-8,10-15,21,23-24H,3-4,9,16-20,22H2,1-2H3;3H2,1-2H3;2*1-2H3;1-2H/b7-5-,8-6-;;;;. The van der Waals surface area contributed by atoms with E-state index < -0.39 is 0 Å². The Morgan fingerprint density at radius 1 is 0.902 bits per heavy atom. The third kappa shape index (κ3) is 18.0. The first-order valence-electron chi connectivity index (χ1n) is 15.7. The van der Waals surface area contributed by atoms with Crippen LogP contribution in [-0.2, 0) is 13.0 Å². The fourth-order valence-electron chi connectivity index (χ4n) is 4.08. The Morgan fingerprint density at radius 3 is 2.15 bits per heavy atom. The van der Waals surface area contributed by atoms with E-state index in [0.29, 0.717) is 5.92 Å². The van der Waals surface area contributed by atoms with Gasteiger partial charge in [-0.3, -0.25) is 14.7 Å². The summed E-state index contributed by atoms with van der Waals surface area (Å²) < 4.78 is 0. The maximum absolute atomic E-state index is 11.5. The number of anilines is 1. The number of allylic oxidation sites excluding steroid dienone is 2. The molecule has 2 heterocycles. The molecule has 0 spiro atoms. The summed E-state index contributed by atoms with van der Waals surface area (Å²) in [5.74, 6) is 0.622. The maximum atomic E-state index is 11.5. The summed E-state index contributed by atoms with van der Waals surface area (Å²) in [5.41, 5.74) is 4.61. The van der Waals surface area contributed by atoms with E-state index in [1.54, 1.807) is 0 Å². The second kappa shape index (κ2) is 28.4. The molecular weight excluding hydrogens is 502 g/mol. The van der Waals surface area contributed by atoms with E-state index in [2.05, 4.69) is 104 Å². The third-order valence-corrected chi connectivity index (χ3v) is 6.23. The van der Waals surface area contributed by atoms with Crippen molar-refractivity contribution in [2.45, 2.75) is 94.0 Å². The summed E-state index contributed by atoms with van der Waals surface area (Å²) in [5, 5.41) is 0. The lowest BCUT2D eigenvalue weighted by Crippen LogP contribution is -2.36. The van der Waals surface area contributed by atoms with Crippen LogP contribution in [0.1, 0.15) is 103 Å². The molecule has 0 saturated carbocycles. The molecule has 2 aromatic rings. The molecule has 0 saturated heterocycles. The summed E-state index contributed by atoms with van der Waals surface area (Å²) in [7, 11) is 0. The van der Waals surface area contributed by atoms with Gasteiger partial charge < -0.3 is 4.90 Å². The van der Waals surface area contributed by atoms with Crippen LogP contribution < -0.4 is 4.90 Å². The summed E-state index contributed by atoms with van der Waals surface area (Å²) in [6, 6.07) is 10.4. The molecule has 0 aliphatic carbocycles. The highest BCUT2D eigenvalue weighted by Gasteiger charge is 2.16. The zero-order valence-electron chi connectivity index (χ0n) is 27.5. The van der Waals surface area contributed by atoms with Gasteiger partial charge in [-0.15, -0.1) is 12.8 Å². The Labute approximate surface area is 254 Å². The van der Waals surface area contributed by atoms with Crippen molar-refractivity contribution < 1.29 is 4.79 Å². The van der Waals surface area contributed by atoms with Crippen LogP contribution >= 0.6 is 0 Å². The topological polar surface area (TPSA) is 36.4 Å². The van der Waals surface area contributed by atoms with Gasteiger partial charge in [-0.2, -0.15) is 0 Å². The molecule has 3 rings (SSSR count). The lowest BCUT2D eigenvalue weighted by molar-refractivity contribution is 0.112. The molecule has 0 N–H and O–H groups in total. The van der Waals surface area contributed by atoms with Crippen LogP contribution in [0.15, 0.2) is 67.0 Å². The fourth-order valence-corrected chi connectivity index (χ4v) is 4.08. The SMILES string of the molecule is C#C.CC.CC.CCC.CCC(C)Cc1ccc(C=O)cc1N1CC/C=C\C/C=C\CN(Cc2ccncc2)CC1. The van der Waals surface area contributed by atoms with Gasteiger partial charge in [0.1, 0.15) is 6.29 Å². The van der Waals surface area contributed by atoms with Crippen molar-refractivity contribution in [2.75, 3.05) is 31.1 Å². The Kier molecular flexibility index (Phi) is 27.7. The number of terminal acetylenes is 1. The number of carbonyl (C=O) groups excluding carboxylic acids is 1. The molecule has 1 aliphatic rings. The number of benzene rings is 1. The lowest BCUT2D eigenvalue weighted by atomic mass is 9.96. The lowest BCUT2D eigenvalue weighted by Gasteiger charge is -2.31. The van der Waals surface area contributed by atoms with Gasteiger partial charge in [-0.05, 0) is 54.5 Å². The Balaban J connectivity index is 0. The van der Waals surface area contributed by atoms with Gasteiger partial charge in [0.2, 0.25) is 0 Å². The molecule has 4 heteroatoms. The molecule has 1 unspecified atom stereocenters. The summed E-state index contributed by atoms with van der Waals surface area (Å²) in [6.07, 6.45) is 27.2. The zero-order valence-corrected chi connectivity index (χ0v) is 27.5. The Morgan fingerprint density at radius 2 is 1.54 bits per heavy atom. The third-order valence-electron chi connectivity index (χ3n) is 6.23. The van der Waals surface area contributed by atoms with E-state index in [4.69, 9.17) is 0 Å². The number of aldehydes is 1. The van der Waals surface area contributed by atoms with E-state index >= 15 is 0 Å². The fraction of sp³-hybridized carbons (Fsp3) is 0.514. The van der Waals surface area contributed by atoms with Crippen molar-refractivity contribution in [2.24, 2.45) is 5.92 Å². The first-order valence-corrected chi connectivity index (χ1v) is 15.7. The quantitative estimate of drug-likeness (QED) is 0.192. The predicted molar refractivity (Wildman–Crippen MR) is 183 cm³/mol. The van der Waals surface area contributed by atoms with Crippen molar-refractivity contribution >= 4 is 12.0 Å². The molecular formula is C37H59N3O. The molecule has 0 bridgehead atoms. The molecule has 1 aromatic heterocycles. The smallest absolute Gasteiger partial charge is 0.150 e. The summed E-state index contributed by atoms with van der Waals surface area (Å²) in [6.45, 7) is 21.5. The van der Waals surface area contributed by atoms with Gasteiger partial charge in [-0.25, -0.2) is 0 Å². The van der Waals surface area contributed by atoms with Crippen LogP contribution in [0.25, 0.3) is 0 Å². The normalized spacial score (nSPS) is 15.5. The predicted octanol–water partition coefficient (Wildman–Crippen LogP) is 9.42. The molecule has 4 nitrogen and oxygen atoms in total. The second-order valence-corrected chi connectivity index (χ2v) is 9.48. The van der Waals surface area contributed by atoms with Crippen LogP contribution in [0, 0.1) is 18.8 Å². The van der Waals surface area contributed by atoms with E-state index in [1.165, 1.54) is 23.2 Å². The number of pyridine rings is 1. The number of hydrogen-bond donors (Lipinski definition) is 0. The van der Waals surface area contributed by atoms with Gasteiger partial charge in [0.15, 0.2) is 0 Å². The average Bonchev–Trinajstić information content (AvgIpc) is 3.03. The molecule has 41 heavy (non-hydrogen) atoms. The molecule has 0 amide bonds. The highest BCUT2D eigenvalue weighted by Crippen LogP contribution is 2.26. The maximum Gasteiger partial charge on any atom is 0.150 e. The highest BCUT2D eigenvalue weighted by molar-refractivity contribution is 5.78. The van der Waals surface area contributed by atoms with Crippen molar-refractivity contribution in [1.82, 2.24) is 9.88 Å². The van der Waals surface area contributed by atoms with Crippen molar-refractivity contribution in [3.63, 3.8) is 0 Å². The highest BCUT2D eigenvalue weighted by atomic mass is 16.1. The van der Waals surface area contributed by atoms with Crippen molar-refractivity contribution in [3.8, 4) is 12.8 Å². The number of carbonyl (C=O) groups is 1. The van der Waals surface area contributed by atoms with Gasteiger partial charge in [0.25, 0.3) is 0 Å². The number of rotatable bonds is 7. The van der Waals surface area contributed by atoms with Gasteiger partial charge in [0.05, 0.1) is 0 Å². The minimum atomic E-state index is 0.622. The van der Waals surface area contributed by atoms with Crippen molar-refractivity contribution in [3.05, 3.63) is 83.7 Å². The van der Waals surface area contributed by atoms with E-state index in [1.807, 2.05) is 46.2 Å². The molecule has 1 aliphatic heterocycles. The summed E-state index contributed by atoms with van der Waals surface area (Å²) >= 11 is 0. The van der Waals surface area contributed by atoms with Gasteiger partial charge in [0, 0.05) is 56.4 Å². The number of aromatic nitrogens is 1. The molecule has 1 aromatic carbocycles. The Bertz CT molecular complexity index is 949. The minimum Gasteiger partial charge on any atom is -0.370 e. The van der Waals surface area contributed by atoms with Crippen molar-refractivity contribution in [1.29, 1.82) is 0 Å². The van der Waals surface area contributed by atoms with Crippen LogP contribution in [0.5, 0.6) is 0 Å². The summed E-state index contributed by atoms with van der Waals surface area (Å²) in [4.78, 5) is 20.7. The molecule has 0 radical (unpaired) electrons. The van der Waals surface area contributed by atoms with Crippen LogP contribution in [0.2, 0.25) is 0 Å². The first kappa shape index (κ1) is 40.0. The van der Waals surface area contributed by atoms with Crippen LogP contribution in [0.4, 0.5) is 5.69 Å². The average molecular weight is 562 g/mol. The monoisotopic (exact) mass is 561 g/mol. The van der Waals surface area contributed by atoms with E-state index in [0.717, 1.165) is 70.3 Å². The molecule has 0 fully saturated rings.